The molecule has 112 valence electrons. The molecule has 0 aliphatic heterocycles. The van der Waals surface area contributed by atoms with Crippen molar-refractivity contribution in [3.05, 3.63) is 71.2 Å². The van der Waals surface area contributed by atoms with Gasteiger partial charge >= 0.3 is 0 Å². The van der Waals surface area contributed by atoms with Crippen LogP contribution in [0, 0.1) is 0 Å². The predicted molar refractivity (Wildman–Crippen MR) is 93.6 cm³/mol. The number of halogens is 1. The Morgan fingerprint density at radius 1 is 1.00 bits per heavy atom. The Kier molecular flexibility index (Phi) is 3.35. The zero-order chi connectivity index (χ0) is 15.8. The maximum Gasteiger partial charge on any atom is 0.291 e. The predicted octanol–water partition coefficient (Wildman–Crippen LogP) is 5.00. The largest absolute Gasteiger partial charge is 0.444 e. The average molecular weight is 367 g/mol. The number of fused-ring (bicyclic) bond motifs is 3. The lowest BCUT2D eigenvalue weighted by atomic mass is 10.1. The molecule has 0 aliphatic rings. The molecule has 0 fully saturated rings. The number of aromatic nitrogens is 1. The Bertz CT molecular complexity index is 1040. The minimum absolute atomic E-state index is 0.252. The summed E-state index contributed by atoms with van der Waals surface area (Å²) in [6.07, 6.45) is 1.70. The third kappa shape index (κ3) is 2.49. The summed E-state index contributed by atoms with van der Waals surface area (Å²) in [5.41, 5.74) is 1.57. The number of anilines is 1. The lowest BCUT2D eigenvalue weighted by molar-refractivity contribution is 0.0995. The SMILES string of the molecule is O=C(Nc1ccnc2c1ccc1ccccc12)c1ccc(Br)o1. The highest BCUT2D eigenvalue weighted by molar-refractivity contribution is 9.10. The van der Waals surface area contributed by atoms with Crippen LogP contribution in [0.15, 0.2) is 69.9 Å². The van der Waals surface area contributed by atoms with Gasteiger partial charge in [-0.05, 0) is 39.5 Å². The first-order chi connectivity index (χ1) is 11.2. The highest BCUT2D eigenvalue weighted by Crippen LogP contribution is 2.29. The third-order valence-electron chi connectivity index (χ3n) is 3.68. The molecular formula is C18H11BrN2O2. The summed E-state index contributed by atoms with van der Waals surface area (Å²) in [7, 11) is 0. The van der Waals surface area contributed by atoms with E-state index in [9.17, 15) is 4.79 Å². The zero-order valence-electron chi connectivity index (χ0n) is 11.9. The van der Waals surface area contributed by atoms with Gasteiger partial charge in [0.2, 0.25) is 0 Å². The number of benzene rings is 2. The van der Waals surface area contributed by atoms with Gasteiger partial charge in [-0.2, -0.15) is 0 Å². The van der Waals surface area contributed by atoms with Gasteiger partial charge < -0.3 is 9.73 Å². The molecule has 1 N–H and O–H groups in total. The van der Waals surface area contributed by atoms with E-state index in [2.05, 4.69) is 26.2 Å². The van der Waals surface area contributed by atoms with E-state index in [-0.39, 0.29) is 11.7 Å². The summed E-state index contributed by atoms with van der Waals surface area (Å²) in [5.74, 6) is -0.0426. The summed E-state index contributed by atoms with van der Waals surface area (Å²) in [6, 6.07) is 17.1. The molecule has 0 saturated heterocycles. The molecule has 2 aromatic heterocycles. The molecular weight excluding hydrogens is 356 g/mol. The van der Waals surface area contributed by atoms with Crippen LogP contribution < -0.4 is 5.32 Å². The highest BCUT2D eigenvalue weighted by atomic mass is 79.9. The van der Waals surface area contributed by atoms with Crippen LogP contribution in [-0.4, -0.2) is 10.9 Å². The van der Waals surface area contributed by atoms with E-state index in [4.69, 9.17) is 4.42 Å². The van der Waals surface area contributed by atoms with E-state index in [1.807, 2.05) is 36.4 Å². The molecule has 0 radical (unpaired) electrons. The number of carbonyl (C=O) groups excluding carboxylic acids is 1. The Balaban J connectivity index is 1.81. The van der Waals surface area contributed by atoms with Crippen molar-refractivity contribution < 1.29 is 9.21 Å². The van der Waals surface area contributed by atoms with Crippen molar-refractivity contribution in [2.75, 3.05) is 5.32 Å². The third-order valence-corrected chi connectivity index (χ3v) is 4.11. The molecule has 0 bridgehead atoms. The maximum atomic E-state index is 12.3. The summed E-state index contributed by atoms with van der Waals surface area (Å²) >= 11 is 3.20. The number of nitrogens with one attached hydrogen (secondary N) is 1. The van der Waals surface area contributed by atoms with Gasteiger partial charge in [-0.1, -0.05) is 36.4 Å². The second kappa shape index (κ2) is 5.52. The number of pyridine rings is 1. The summed E-state index contributed by atoms with van der Waals surface area (Å²) < 4.78 is 5.81. The molecule has 0 unspecified atom stereocenters. The average Bonchev–Trinajstić information content (AvgIpc) is 3.01. The van der Waals surface area contributed by atoms with Crippen molar-refractivity contribution in [3.63, 3.8) is 0 Å². The van der Waals surface area contributed by atoms with E-state index in [0.717, 1.165) is 21.7 Å². The van der Waals surface area contributed by atoms with Crippen LogP contribution in [0.1, 0.15) is 10.6 Å². The van der Waals surface area contributed by atoms with E-state index in [1.165, 1.54) is 0 Å². The standard InChI is InChI=1S/C18H11BrN2O2/c19-16-8-7-15(23-16)18(22)21-14-9-10-20-17-12-4-2-1-3-11(12)5-6-13(14)17/h1-10H,(H,20,21,22). The van der Waals surface area contributed by atoms with E-state index in [1.54, 1.807) is 24.4 Å². The lowest BCUT2D eigenvalue weighted by Crippen LogP contribution is -2.11. The number of hydrogen-bond donors (Lipinski definition) is 1. The van der Waals surface area contributed by atoms with Crippen LogP contribution in [0.25, 0.3) is 21.7 Å². The van der Waals surface area contributed by atoms with Gasteiger partial charge in [0.25, 0.3) is 5.91 Å². The number of amides is 1. The molecule has 5 heteroatoms. The molecule has 1 amide bonds. The number of nitrogens with zero attached hydrogens (tertiary/aromatic N) is 1. The molecule has 0 atom stereocenters. The molecule has 4 aromatic rings. The fraction of sp³-hybridized carbons (Fsp3) is 0. The van der Waals surface area contributed by atoms with Crippen LogP contribution in [0.3, 0.4) is 0 Å². The fourth-order valence-corrected chi connectivity index (χ4v) is 2.92. The summed E-state index contributed by atoms with van der Waals surface area (Å²) in [4.78, 5) is 16.8. The monoisotopic (exact) mass is 366 g/mol. The molecule has 23 heavy (non-hydrogen) atoms. The van der Waals surface area contributed by atoms with Gasteiger partial charge in [0.05, 0.1) is 11.2 Å². The number of rotatable bonds is 2. The molecule has 2 heterocycles. The van der Waals surface area contributed by atoms with E-state index >= 15 is 0 Å². The second-order valence-corrected chi connectivity index (χ2v) is 5.88. The van der Waals surface area contributed by atoms with Crippen molar-refractivity contribution in [2.45, 2.75) is 0 Å². The summed E-state index contributed by atoms with van der Waals surface area (Å²) in [6.45, 7) is 0. The van der Waals surface area contributed by atoms with Gasteiger partial charge in [-0.3, -0.25) is 9.78 Å². The Hall–Kier alpha value is -2.66. The molecule has 0 spiro atoms. The number of furan rings is 1. The molecule has 4 rings (SSSR count). The molecule has 4 nitrogen and oxygen atoms in total. The quantitative estimate of drug-likeness (QED) is 0.508. The molecule has 2 aromatic carbocycles. The van der Waals surface area contributed by atoms with Crippen LogP contribution >= 0.6 is 15.9 Å². The zero-order valence-corrected chi connectivity index (χ0v) is 13.5. The highest BCUT2D eigenvalue weighted by Gasteiger charge is 2.13. The second-order valence-electron chi connectivity index (χ2n) is 5.10. The first-order valence-corrected chi connectivity index (χ1v) is 7.85. The minimum atomic E-state index is -0.295. The molecule has 0 aliphatic carbocycles. The van der Waals surface area contributed by atoms with Crippen LogP contribution in [0.4, 0.5) is 5.69 Å². The van der Waals surface area contributed by atoms with Crippen molar-refractivity contribution in [2.24, 2.45) is 0 Å². The number of hydrogen-bond acceptors (Lipinski definition) is 3. The number of carbonyl (C=O) groups is 1. The van der Waals surface area contributed by atoms with Crippen molar-refractivity contribution in [3.8, 4) is 0 Å². The minimum Gasteiger partial charge on any atom is -0.444 e. The first-order valence-electron chi connectivity index (χ1n) is 7.05. The Morgan fingerprint density at radius 3 is 2.70 bits per heavy atom. The van der Waals surface area contributed by atoms with Crippen LogP contribution in [0.2, 0.25) is 0 Å². The van der Waals surface area contributed by atoms with E-state index < -0.39 is 0 Å². The fourth-order valence-electron chi connectivity index (χ4n) is 2.62. The van der Waals surface area contributed by atoms with Gasteiger partial charge in [-0.25, -0.2) is 0 Å². The van der Waals surface area contributed by atoms with Crippen LogP contribution in [0.5, 0.6) is 0 Å². The lowest BCUT2D eigenvalue weighted by Gasteiger charge is -2.09. The normalized spacial score (nSPS) is 11.0. The van der Waals surface area contributed by atoms with Crippen molar-refractivity contribution >= 4 is 49.2 Å². The van der Waals surface area contributed by atoms with Gasteiger partial charge in [-0.15, -0.1) is 0 Å². The Labute approximate surface area is 140 Å². The Morgan fingerprint density at radius 2 is 1.87 bits per heavy atom. The van der Waals surface area contributed by atoms with E-state index in [0.29, 0.717) is 10.4 Å². The van der Waals surface area contributed by atoms with Gasteiger partial charge in [0, 0.05) is 17.0 Å². The topological polar surface area (TPSA) is 55.1 Å². The van der Waals surface area contributed by atoms with Crippen molar-refractivity contribution in [1.82, 2.24) is 4.98 Å². The van der Waals surface area contributed by atoms with Crippen molar-refractivity contribution in [1.29, 1.82) is 0 Å². The van der Waals surface area contributed by atoms with Crippen LogP contribution in [-0.2, 0) is 0 Å². The smallest absolute Gasteiger partial charge is 0.291 e. The maximum absolute atomic E-state index is 12.3. The van der Waals surface area contributed by atoms with Gasteiger partial charge in [0.1, 0.15) is 0 Å². The summed E-state index contributed by atoms with van der Waals surface area (Å²) in [5, 5.41) is 5.95. The first kappa shape index (κ1) is 14.0. The van der Waals surface area contributed by atoms with Gasteiger partial charge in [0.15, 0.2) is 10.4 Å². The molecule has 0 saturated carbocycles.